The van der Waals surface area contributed by atoms with E-state index < -0.39 is 6.10 Å². The van der Waals surface area contributed by atoms with Gasteiger partial charge in [0, 0.05) is 19.3 Å². The Balaban J connectivity index is 4.41. The second kappa shape index (κ2) is 41.1. The number of unbranched alkanes of at least 4 members (excludes halogenated alkanes) is 19. The lowest BCUT2D eigenvalue weighted by Crippen LogP contribution is -2.30. The third kappa shape index (κ3) is 38.6. The van der Waals surface area contributed by atoms with Gasteiger partial charge in [0.15, 0.2) is 6.10 Å². The Bertz CT molecular complexity index is 933. The normalized spacial score (nSPS) is 12.4. The molecule has 52 heavy (non-hydrogen) atoms. The van der Waals surface area contributed by atoms with Crippen molar-refractivity contribution in [3.63, 3.8) is 0 Å². The average molecular weight is 729 g/mol. The van der Waals surface area contributed by atoms with Gasteiger partial charge in [0.1, 0.15) is 13.2 Å². The van der Waals surface area contributed by atoms with Crippen LogP contribution in [0.4, 0.5) is 0 Å². The Kier molecular flexibility index (Phi) is 39.1. The molecule has 6 heteroatoms. The predicted octanol–water partition coefficient (Wildman–Crippen LogP) is 13.6. The third-order valence-corrected chi connectivity index (χ3v) is 9.10. The number of hydrogen-bond donors (Lipinski definition) is 0. The van der Waals surface area contributed by atoms with Gasteiger partial charge in [0.05, 0.1) is 0 Å². The van der Waals surface area contributed by atoms with Crippen LogP contribution in [0.2, 0.25) is 0 Å². The van der Waals surface area contributed by atoms with E-state index in [1.165, 1.54) is 83.5 Å². The van der Waals surface area contributed by atoms with Crippen molar-refractivity contribution in [2.75, 3.05) is 13.2 Å². The van der Waals surface area contributed by atoms with Gasteiger partial charge in [-0.1, -0.05) is 179 Å². The second-order valence-corrected chi connectivity index (χ2v) is 14.2. The summed E-state index contributed by atoms with van der Waals surface area (Å²) in [6, 6.07) is 0. The largest absolute Gasteiger partial charge is 0.462 e. The van der Waals surface area contributed by atoms with Crippen LogP contribution in [0.15, 0.2) is 48.6 Å². The highest BCUT2D eigenvalue weighted by atomic mass is 16.6. The summed E-state index contributed by atoms with van der Waals surface area (Å²) in [6.07, 6.45) is 46.7. The fourth-order valence-corrected chi connectivity index (χ4v) is 5.84. The van der Waals surface area contributed by atoms with E-state index >= 15 is 0 Å². The molecule has 0 radical (unpaired) electrons. The number of allylic oxidation sites excluding steroid dienone is 8. The zero-order chi connectivity index (χ0) is 38.0. The van der Waals surface area contributed by atoms with E-state index in [1.54, 1.807) is 0 Å². The molecule has 0 spiro atoms. The Hall–Kier alpha value is -2.63. The van der Waals surface area contributed by atoms with Gasteiger partial charge in [0.2, 0.25) is 0 Å². The summed E-state index contributed by atoms with van der Waals surface area (Å²) in [5, 5.41) is 0. The Morgan fingerprint density at radius 1 is 0.404 bits per heavy atom. The third-order valence-electron chi connectivity index (χ3n) is 9.10. The minimum Gasteiger partial charge on any atom is -0.462 e. The Morgan fingerprint density at radius 2 is 0.750 bits per heavy atom. The molecule has 0 aromatic heterocycles. The average Bonchev–Trinajstić information content (AvgIpc) is 3.14. The van der Waals surface area contributed by atoms with Crippen LogP contribution in [-0.2, 0) is 28.6 Å². The van der Waals surface area contributed by atoms with Crippen LogP contribution in [0.1, 0.15) is 207 Å². The summed E-state index contributed by atoms with van der Waals surface area (Å²) in [5.74, 6) is -0.935. The predicted molar refractivity (Wildman–Crippen MR) is 219 cm³/mol. The lowest BCUT2D eigenvalue weighted by Gasteiger charge is -2.18. The van der Waals surface area contributed by atoms with Crippen molar-refractivity contribution in [2.24, 2.45) is 0 Å². The number of hydrogen-bond acceptors (Lipinski definition) is 6. The maximum absolute atomic E-state index is 12.7. The molecule has 0 bridgehead atoms. The number of rotatable bonds is 38. The molecule has 1 unspecified atom stereocenters. The summed E-state index contributed by atoms with van der Waals surface area (Å²) in [4.78, 5) is 37.5. The van der Waals surface area contributed by atoms with Crippen molar-refractivity contribution in [3.05, 3.63) is 48.6 Å². The maximum atomic E-state index is 12.7. The summed E-state index contributed by atoms with van der Waals surface area (Å²) in [5.41, 5.74) is 0. The van der Waals surface area contributed by atoms with Crippen LogP contribution < -0.4 is 0 Å². The highest BCUT2D eigenvalue weighted by Crippen LogP contribution is 2.14. The first-order chi connectivity index (χ1) is 25.5. The molecule has 0 rings (SSSR count). The van der Waals surface area contributed by atoms with E-state index in [9.17, 15) is 14.4 Å². The summed E-state index contributed by atoms with van der Waals surface area (Å²) < 4.78 is 16.6. The van der Waals surface area contributed by atoms with E-state index in [0.29, 0.717) is 19.3 Å². The zero-order valence-electron chi connectivity index (χ0n) is 34.1. The van der Waals surface area contributed by atoms with Gasteiger partial charge >= 0.3 is 17.9 Å². The fourth-order valence-electron chi connectivity index (χ4n) is 5.84. The molecule has 6 nitrogen and oxygen atoms in total. The Labute approximate surface area is 320 Å². The molecule has 0 aliphatic heterocycles. The van der Waals surface area contributed by atoms with E-state index in [-0.39, 0.29) is 31.1 Å². The molecule has 0 saturated heterocycles. The molecule has 0 amide bonds. The van der Waals surface area contributed by atoms with Gasteiger partial charge in [-0.3, -0.25) is 14.4 Å². The van der Waals surface area contributed by atoms with Crippen LogP contribution in [0, 0.1) is 0 Å². The van der Waals surface area contributed by atoms with E-state index in [1.807, 2.05) is 0 Å². The minimum absolute atomic E-state index is 0.0844. The summed E-state index contributed by atoms with van der Waals surface area (Å²) in [7, 11) is 0. The van der Waals surface area contributed by atoms with Gasteiger partial charge in [-0.15, -0.1) is 0 Å². The zero-order valence-corrected chi connectivity index (χ0v) is 34.1. The number of esters is 3. The van der Waals surface area contributed by atoms with Crippen molar-refractivity contribution < 1.29 is 28.6 Å². The van der Waals surface area contributed by atoms with Gasteiger partial charge in [-0.25, -0.2) is 0 Å². The topological polar surface area (TPSA) is 78.9 Å². The monoisotopic (exact) mass is 729 g/mol. The van der Waals surface area contributed by atoms with Gasteiger partial charge in [0.25, 0.3) is 0 Å². The molecule has 0 heterocycles. The molecule has 0 fully saturated rings. The molecular weight excluding hydrogens is 648 g/mol. The smallest absolute Gasteiger partial charge is 0.306 e. The Morgan fingerprint density at radius 3 is 1.17 bits per heavy atom. The van der Waals surface area contributed by atoms with Crippen LogP contribution in [-0.4, -0.2) is 37.2 Å². The molecule has 300 valence electrons. The van der Waals surface area contributed by atoms with Crippen LogP contribution in [0.5, 0.6) is 0 Å². The first-order valence-electron chi connectivity index (χ1n) is 21.6. The molecule has 0 aliphatic rings. The fraction of sp³-hybridized carbons (Fsp3) is 0.761. The molecule has 0 N–H and O–H groups in total. The first kappa shape index (κ1) is 49.4. The van der Waals surface area contributed by atoms with Crippen LogP contribution in [0.25, 0.3) is 0 Å². The lowest BCUT2D eigenvalue weighted by atomic mass is 10.1. The quantitative estimate of drug-likeness (QED) is 0.0272. The lowest BCUT2D eigenvalue weighted by molar-refractivity contribution is -0.167. The second-order valence-electron chi connectivity index (χ2n) is 14.2. The number of carbonyl (C=O) groups is 3. The number of ether oxygens (including phenoxy) is 3. The molecule has 0 aromatic carbocycles. The minimum atomic E-state index is -0.781. The molecular formula is C46H80O6. The SMILES string of the molecule is CC/C=C\C/C=C\C/C=C\C/C=C\CCCCC(=O)OCC(COC(=O)CCCCCCCCCC)OC(=O)CCCCCCCCCCCCC. The molecule has 0 aliphatic carbocycles. The first-order valence-corrected chi connectivity index (χ1v) is 21.6. The number of carbonyl (C=O) groups excluding carboxylic acids is 3. The van der Waals surface area contributed by atoms with Crippen molar-refractivity contribution in [2.45, 2.75) is 213 Å². The van der Waals surface area contributed by atoms with Crippen LogP contribution in [0.3, 0.4) is 0 Å². The van der Waals surface area contributed by atoms with E-state index in [2.05, 4.69) is 69.4 Å². The molecule has 0 saturated carbocycles. The molecule has 1 atom stereocenters. The van der Waals surface area contributed by atoms with E-state index in [4.69, 9.17) is 14.2 Å². The van der Waals surface area contributed by atoms with Gasteiger partial charge < -0.3 is 14.2 Å². The highest BCUT2D eigenvalue weighted by molar-refractivity contribution is 5.71. The van der Waals surface area contributed by atoms with Crippen molar-refractivity contribution in [3.8, 4) is 0 Å². The maximum Gasteiger partial charge on any atom is 0.306 e. The van der Waals surface area contributed by atoms with Crippen molar-refractivity contribution in [1.82, 2.24) is 0 Å². The highest BCUT2D eigenvalue weighted by Gasteiger charge is 2.19. The van der Waals surface area contributed by atoms with Gasteiger partial charge in [-0.2, -0.15) is 0 Å². The van der Waals surface area contributed by atoms with Crippen molar-refractivity contribution in [1.29, 1.82) is 0 Å². The standard InChI is InChI=1S/C46H80O6/c1-4-7-10-13-16-19-21-22-23-24-26-27-30-33-36-39-45(48)51-42-43(41-50-44(47)38-35-32-29-18-15-12-9-6-3)52-46(49)40-37-34-31-28-25-20-17-14-11-8-5-2/h7,10,16,19,22-23,26-27,43H,4-6,8-9,11-15,17-18,20-21,24-25,28-42H2,1-3H3/b10-7-,19-16-,23-22-,27-26-. The van der Waals surface area contributed by atoms with Crippen LogP contribution >= 0.6 is 0 Å². The van der Waals surface area contributed by atoms with E-state index in [0.717, 1.165) is 83.5 Å². The summed E-state index contributed by atoms with van der Waals surface area (Å²) >= 11 is 0. The van der Waals surface area contributed by atoms with Gasteiger partial charge in [-0.05, 0) is 57.8 Å². The molecule has 0 aromatic rings. The summed E-state index contributed by atoms with van der Waals surface area (Å²) in [6.45, 7) is 6.43. The van der Waals surface area contributed by atoms with Crippen molar-refractivity contribution >= 4 is 17.9 Å².